The topological polar surface area (TPSA) is 70.6 Å². The van der Waals surface area contributed by atoms with Crippen LogP contribution in [0, 0.1) is 0 Å². The fraction of sp³-hybridized carbons (Fsp3) is 0.562. The van der Waals surface area contributed by atoms with Crippen LogP contribution in [0.2, 0.25) is 0 Å². The molecule has 1 aromatic carbocycles. The van der Waals surface area contributed by atoms with Crippen LogP contribution in [0.25, 0.3) is 0 Å². The van der Waals surface area contributed by atoms with E-state index in [0.717, 1.165) is 6.54 Å². The molecule has 132 valence electrons. The van der Waals surface area contributed by atoms with Crippen LogP contribution in [-0.4, -0.2) is 46.5 Å². The molecule has 1 rings (SSSR count). The van der Waals surface area contributed by atoms with Crippen LogP contribution >= 0.6 is 24.0 Å². The molecule has 0 spiro atoms. The molecule has 0 aromatic heterocycles. The minimum Gasteiger partial charge on any atom is -0.356 e. The lowest BCUT2D eigenvalue weighted by molar-refractivity contribution is 0.508. The molecule has 2 N–H and O–H groups in total. The number of benzene rings is 1. The zero-order valence-corrected chi connectivity index (χ0v) is 17.4. The molecule has 23 heavy (non-hydrogen) atoms. The SMILES string of the molecule is CN=C(NCCCS(C)(=O)=O)NCC(C)(C)c1ccccc1.I. The molecular weight excluding hydrogens is 425 g/mol. The summed E-state index contributed by atoms with van der Waals surface area (Å²) < 4.78 is 22.2. The summed E-state index contributed by atoms with van der Waals surface area (Å²) in [6.45, 7) is 5.67. The lowest BCUT2D eigenvalue weighted by Gasteiger charge is -2.26. The van der Waals surface area contributed by atoms with Crippen molar-refractivity contribution in [3.05, 3.63) is 35.9 Å². The highest BCUT2D eigenvalue weighted by molar-refractivity contribution is 14.0. The summed E-state index contributed by atoms with van der Waals surface area (Å²) in [7, 11) is -1.19. The number of hydrogen-bond donors (Lipinski definition) is 2. The largest absolute Gasteiger partial charge is 0.356 e. The highest BCUT2D eigenvalue weighted by atomic mass is 127. The van der Waals surface area contributed by atoms with E-state index in [4.69, 9.17) is 0 Å². The molecule has 0 radical (unpaired) electrons. The van der Waals surface area contributed by atoms with Crippen LogP contribution in [0.15, 0.2) is 35.3 Å². The van der Waals surface area contributed by atoms with Crippen LogP contribution in [-0.2, 0) is 15.3 Å². The van der Waals surface area contributed by atoms with Crippen molar-refractivity contribution in [3.63, 3.8) is 0 Å². The quantitative estimate of drug-likeness (QED) is 0.288. The predicted octanol–water partition coefficient (Wildman–Crippen LogP) is 2.18. The Bertz CT molecular complexity index is 587. The highest BCUT2D eigenvalue weighted by Crippen LogP contribution is 2.21. The smallest absolute Gasteiger partial charge is 0.191 e. The standard InChI is InChI=1S/C16H27N3O2S.HI/c1-16(2,14-9-6-5-7-10-14)13-19-15(17-3)18-11-8-12-22(4,20)21;/h5-7,9-10H,8,11-13H2,1-4H3,(H2,17,18,19);1H. The monoisotopic (exact) mass is 453 g/mol. The third-order valence-electron chi connectivity index (χ3n) is 3.46. The van der Waals surface area contributed by atoms with Gasteiger partial charge >= 0.3 is 0 Å². The summed E-state index contributed by atoms with van der Waals surface area (Å²) in [6, 6.07) is 10.3. The fourth-order valence-electron chi connectivity index (χ4n) is 2.06. The lowest BCUT2D eigenvalue weighted by atomic mass is 9.85. The van der Waals surface area contributed by atoms with Gasteiger partial charge in [0.25, 0.3) is 0 Å². The van der Waals surface area contributed by atoms with Crippen molar-refractivity contribution >= 4 is 39.8 Å². The van der Waals surface area contributed by atoms with Gasteiger partial charge in [0.1, 0.15) is 9.84 Å². The summed E-state index contributed by atoms with van der Waals surface area (Å²) in [5.41, 5.74) is 1.24. The maximum Gasteiger partial charge on any atom is 0.191 e. The fourth-order valence-corrected chi connectivity index (χ4v) is 2.73. The van der Waals surface area contributed by atoms with Gasteiger partial charge in [-0.15, -0.1) is 24.0 Å². The second-order valence-electron chi connectivity index (χ2n) is 6.09. The number of hydrogen-bond acceptors (Lipinski definition) is 3. The van der Waals surface area contributed by atoms with E-state index in [0.29, 0.717) is 18.9 Å². The van der Waals surface area contributed by atoms with E-state index in [2.05, 4.69) is 41.6 Å². The number of nitrogens with one attached hydrogen (secondary N) is 2. The van der Waals surface area contributed by atoms with Crippen LogP contribution in [0.4, 0.5) is 0 Å². The first kappa shape index (κ1) is 22.2. The average Bonchev–Trinajstić information content (AvgIpc) is 2.46. The summed E-state index contributed by atoms with van der Waals surface area (Å²) in [5, 5.41) is 6.44. The summed E-state index contributed by atoms with van der Waals surface area (Å²) >= 11 is 0. The number of halogens is 1. The van der Waals surface area contributed by atoms with Gasteiger partial charge in [0, 0.05) is 31.8 Å². The van der Waals surface area contributed by atoms with E-state index in [1.54, 1.807) is 7.05 Å². The molecule has 0 atom stereocenters. The summed E-state index contributed by atoms with van der Waals surface area (Å²) in [5.74, 6) is 0.879. The molecule has 0 unspecified atom stereocenters. The van der Waals surface area contributed by atoms with Crippen molar-refractivity contribution in [3.8, 4) is 0 Å². The first-order valence-electron chi connectivity index (χ1n) is 7.42. The molecule has 7 heteroatoms. The molecule has 0 aliphatic rings. The second-order valence-corrected chi connectivity index (χ2v) is 8.35. The molecule has 0 saturated carbocycles. The minimum atomic E-state index is -2.90. The van der Waals surface area contributed by atoms with Crippen LogP contribution in [0.1, 0.15) is 25.8 Å². The Morgan fingerprint density at radius 2 is 1.78 bits per heavy atom. The van der Waals surface area contributed by atoms with Gasteiger partial charge < -0.3 is 10.6 Å². The van der Waals surface area contributed by atoms with Gasteiger partial charge in [-0.25, -0.2) is 8.42 Å². The molecule has 0 aliphatic carbocycles. The maximum absolute atomic E-state index is 11.1. The van der Waals surface area contributed by atoms with Crippen molar-refractivity contribution < 1.29 is 8.42 Å². The normalized spacial score (nSPS) is 12.4. The zero-order chi connectivity index (χ0) is 16.6. The minimum absolute atomic E-state index is 0. The van der Waals surface area contributed by atoms with Crippen molar-refractivity contribution in [2.45, 2.75) is 25.7 Å². The van der Waals surface area contributed by atoms with Gasteiger partial charge in [0.2, 0.25) is 0 Å². The lowest BCUT2D eigenvalue weighted by Crippen LogP contribution is -2.43. The second kappa shape index (κ2) is 10.1. The van der Waals surface area contributed by atoms with Crippen molar-refractivity contribution in [1.29, 1.82) is 0 Å². The zero-order valence-electron chi connectivity index (χ0n) is 14.3. The van der Waals surface area contributed by atoms with Crippen molar-refractivity contribution in [2.24, 2.45) is 4.99 Å². The van der Waals surface area contributed by atoms with Crippen molar-refractivity contribution in [2.75, 3.05) is 32.1 Å². The van der Waals surface area contributed by atoms with Gasteiger partial charge in [-0.1, -0.05) is 44.2 Å². The first-order chi connectivity index (χ1) is 10.2. The van der Waals surface area contributed by atoms with E-state index < -0.39 is 9.84 Å². The van der Waals surface area contributed by atoms with E-state index in [9.17, 15) is 8.42 Å². The van der Waals surface area contributed by atoms with Crippen LogP contribution in [0.3, 0.4) is 0 Å². The molecule has 0 amide bonds. The Labute approximate surface area is 157 Å². The first-order valence-corrected chi connectivity index (χ1v) is 9.48. The molecule has 1 aromatic rings. The highest BCUT2D eigenvalue weighted by Gasteiger charge is 2.20. The molecule has 5 nitrogen and oxygen atoms in total. The Balaban J connectivity index is 0.00000484. The number of nitrogens with zero attached hydrogens (tertiary/aromatic N) is 1. The Morgan fingerprint density at radius 1 is 1.17 bits per heavy atom. The van der Waals surface area contributed by atoms with Gasteiger partial charge in [0.15, 0.2) is 5.96 Å². The molecule has 0 aliphatic heterocycles. The van der Waals surface area contributed by atoms with E-state index in [1.165, 1.54) is 11.8 Å². The van der Waals surface area contributed by atoms with Crippen LogP contribution in [0.5, 0.6) is 0 Å². The van der Waals surface area contributed by atoms with Crippen molar-refractivity contribution in [1.82, 2.24) is 10.6 Å². The molecule has 0 bridgehead atoms. The Morgan fingerprint density at radius 3 is 2.30 bits per heavy atom. The van der Waals surface area contributed by atoms with Gasteiger partial charge in [-0.05, 0) is 12.0 Å². The van der Waals surface area contributed by atoms with E-state index in [1.807, 2.05) is 18.2 Å². The molecule has 0 saturated heterocycles. The third kappa shape index (κ3) is 9.14. The van der Waals surface area contributed by atoms with Gasteiger partial charge in [0.05, 0.1) is 5.75 Å². The molecular formula is C16H28IN3O2S. The number of rotatable bonds is 7. The van der Waals surface area contributed by atoms with Gasteiger partial charge in [-0.2, -0.15) is 0 Å². The average molecular weight is 453 g/mol. The summed E-state index contributed by atoms with van der Waals surface area (Å²) in [4.78, 5) is 4.16. The molecule has 0 fully saturated rings. The Hall–Kier alpha value is -0.830. The van der Waals surface area contributed by atoms with E-state index >= 15 is 0 Å². The Kier molecular flexibility index (Phi) is 9.76. The number of guanidine groups is 1. The number of aliphatic imine (C=N–C) groups is 1. The molecule has 0 heterocycles. The third-order valence-corrected chi connectivity index (χ3v) is 4.49. The van der Waals surface area contributed by atoms with E-state index in [-0.39, 0.29) is 35.1 Å². The summed E-state index contributed by atoms with van der Waals surface area (Å²) in [6.07, 6.45) is 1.82. The van der Waals surface area contributed by atoms with Gasteiger partial charge in [-0.3, -0.25) is 4.99 Å². The predicted molar refractivity (Wildman–Crippen MR) is 109 cm³/mol. The maximum atomic E-state index is 11.1. The number of sulfone groups is 1. The van der Waals surface area contributed by atoms with Crippen LogP contribution < -0.4 is 10.6 Å².